The Balaban J connectivity index is 1.75. The number of benzene rings is 2. The van der Waals surface area contributed by atoms with Gasteiger partial charge >= 0.3 is 0 Å². The van der Waals surface area contributed by atoms with Gasteiger partial charge in [0.05, 0.1) is 12.3 Å². The van der Waals surface area contributed by atoms with Crippen LogP contribution in [0.5, 0.6) is 5.75 Å². The maximum atomic E-state index is 14.3. The Morgan fingerprint density at radius 2 is 1.93 bits per heavy atom. The van der Waals surface area contributed by atoms with Gasteiger partial charge in [-0.25, -0.2) is 4.39 Å². The summed E-state index contributed by atoms with van der Waals surface area (Å²) in [4.78, 5) is 13.6. The lowest BCUT2D eigenvalue weighted by molar-refractivity contribution is -0.116. The van der Waals surface area contributed by atoms with Gasteiger partial charge in [-0.2, -0.15) is 0 Å². The number of carbonyl (C=O) groups excluding carboxylic acids is 1. The number of amides is 1. The van der Waals surface area contributed by atoms with Gasteiger partial charge in [0, 0.05) is 39.3 Å². The lowest BCUT2D eigenvalue weighted by Gasteiger charge is -2.25. The van der Waals surface area contributed by atoms with Gasteiger partial charge in [0.1, 0.15) is 11.6 Å². The van der Waals surface area contributed by atoms with Crippen molar-refractivity contribution in [2.45, 2.75) is 32.1 Å². The fourth-order valence-corrected chi connectivity index (χ4v) is 4.73. The van der Waals surface area contributed by atoms with Gasteiger partial charge in [-0.05, 0) is 18.6 Å². The molecule has 1 aliphatic heterocycles. The van der Waals surface area contributed by atoms with Crippen molar-refractivity contribution in [3.8, 4) is 16.9 Å². The van der Waals surface area contributed by atoms with Crippen molar-refractivity contribution in [1.29, 1.82) is 0 Å². The van der Waals surface area contributed by atoms with Crippen LogP contribution in [0.3, 0.4) is 0 Å². The van der Waals surface area contributed by atoms with E-state index in [1.165, 1.54) is 6.07 Å². The third kappa shape index (κ3) is 3.54. The molecule has 1 N–H and O–H groups in total. The normalized spacial score (nSPS) is 15.8. The van der Waals surface area contributed by atoms with E-state index in [0.29, 0.717) is 18.6 Å². The molecule has 1 aliphatic rings. The minimum absolute atomic E-state index is 0.0585. The Bertz CT molecular complexity index is 998. The predicted octanol–water partition coefficient (Wildman–Crippen LogP) is 6.21. The maximum absolute atomic E-state index is 14.3. The van der Waals surface area contributed by atoms with Gasteiger partial charge in [-0.1, -0.05) is 49.7 Å². The number of hydrogen-bond donors (Lipinski definition) is 1. The standard InChI is InChI=1S/C23H22FNO2S/c1-2-3-12-27-20-11-7-5-9-16(20)17-13-21(26)25-22-18(14-28-23(17)22)15-8-4-6-10-19(15)24/h4-11,14,17H,2-3,12-13H2,1H3,(H,25,26)/t17-/m1/s1. The molecule has 2 aromatic carbocycles. The fraction of sp³-hybridized carbons (Fsp3) is 0.261. The second-order valence-corrected chi connectivity index (χ2v) is 7.82. The zero-order chi connectivity index (χ0) is 19.5. The van der Waals surface area contributed by atoms with Gasteiger partial charge in [0.25, 0.3) is 0 Å². The lowest BCUT2D eigenvalue weighted by Crippen LogP contribution is -2.23. The zero-order valence-electron chi connectivity index (χ0n) is 15.7. The first kappa shape index (κ1) is 18.7. The number of fused-ring (bicyclic) bond motifs is 1. The fourth-order valence-electron chi connectivity index (χ4n) is 3.58. The average Bonchev–Trinajstić information content (AvgIpc) is 3.12. The lowest BCUT2D eigenvalue weighted by atomic mass is 9.88. The molecule has 0 saturated carbocycles. The molecule has 5 heteroatoms. The second-order valence-electron chi connectivity index (χ2n) is 6.91. The molecule has 3 aromatic rings. The minimum Gasteiger partial charge on any atom is -0.493 e. The molecule has 0 radical (unpaired) electrons. The second kappa shape index (κ2) is 8.15. The quantitative estimate of drug-likeness (QED) is 0.504. The highest BCUT2D eigenvalue weighted by Gasteiger charge is 2.32. The van der Waals surface area contributed by atoms with E-state index in [4.69, 9.17) is 4.74 Å². The smallest absolute Gasteiger partial charge is 0.225 e. The van der Waals surface area contributed by atoms with Crippen LogP contribution in [0, 0.1) is 5.82 Å². The molecule has 2 heterocycles. The molecule has 0 saturated heterocycles. The summed E-state index contributed by atoms with van der Waals surface area (Å²) in [5.74, 6) is 0.383. The highest BCUT2D eigenvalue weighted by molar-refractivity contribution is 7.11. The van der Waals surface area contributed by atoms with Crippen LogP contribution < -0.4 is 10.1 Å². The number of anilines is 1. The topological polar surface area (TPSA) is 38.3 Å². The summed E-state index contributed by atoms with van der Waals surface area (Å²) >= 11 is 1.56. The number of hydrogen-bond acceptors (Lipinski definition) is 3. The van der Waals surface area contributed by atoms with E-state index in [1.54, 1.807) is 23.5 Å². The molecular weight excluding hydrogens is 373 g/mol. The Morgan fingerprint density at radius 1 is 1.14 bits per heavy atom. The van der Waals surface area contributed by atoms with E-state index in [0.717, 1.165) is 40.3 Å². The molecule has 0 aliphatic carbocycles. The molecular formula is C23H22FNO2S. The number of ether oxygens (including phenoxy) is 1. The zero-order valence-corrected chi connectivity index (χ0v) is 16.5. The summed E-state index contributed by atoms with van der Waals surface area (Å²) in [6.45, 7) is 2.78. The number of para-hydroxylation sites is 1. The van der Waals surface area contributed by atoms with E-state index >= 15 is 0 Å². The van der Waals surface area contributed by atoms with Crippen LogP contribution in [-0.2, 0) is 4.79 Å². The Kier molecular flexibility index (Phi) is 5.44. The van der Waals surface area contributed by atoms with Crippen LogP contribution in [0.1, 0.15) is 42.5 Å². The van der Waals surface area contributed by atoms with Gasteiger partial charge in [-0.3, -0.25) is 4.79 Å². The molecule has 3 nitrogen and oxygen atoms in total. The van der Waals surface area contributed by atoms with Gasteiger partial charge < -0.3 is 10.1 Å². The van der Waals surface area contributed by atoms with Crippen LogP contribution >= 0.6 is 11.3 Å². The highest BCUT2D eigenvalue weighted by Crippen LogP contribution is 2.48. The summed E-state index contributed by atoms with van der Waals surface area (Å²) in [6.07, 6.45) is 2.41. The largest absolute Gasteiger partial charge is 0.493 e. The number of halogens is 1. The van der Waals surface area contributed by atoms with Crippen molar-refractivity contribution < 1.29 is 13.9 Å². The molecule has 1 aromatic heterocycles. The van der Waals surface area contributed by atoms with Gasteiger partial charge in [-0.15, -0.1) is 11.3 Å². The van der Waals surface area contributed by atoms with E-state index in [2.05, 4.69) is 12.2 Å². The summed E-state index contributed by atoms with van der Waals surface area (Å²) in [7, 11) is 0. The van der Waals surface area contributed by atoms with E-state index in [9.17, 15) is 9.18 Å². The molecule has 4 rings (SSSR count). The molecule has 0 bridgehead atoms. The van der Waals surface area contributed by atoms with E-state index < -0.39 is 0 Å². The van der Waals surface area contributed by atoms with Crippen molar-refractivity contribution in [3.63, 3.8) is 0 Å². The summed E-state index contributed by atoms with van der Waals surface area (Å²) in [5.41, 5.74) is 2.98. The molecule has 0 unspecified atom stereocenters. The van der Waals surface area contributed by atoms with Crippen LogP contribution in [0.2, 0.25) is 0 Å². The summed E-state index contributed by atoms with van der Waals surface area (Å²) in [6, 6.07) is 14.6. The third-order valence-electron chi connectivity index (χ3n) is 5.00. The molecule has 28 heavy (non-hydrogen) atoms. The Hall–Kier alpha value is -2.66. The average molecular weight is 395 g/mol. The maximum Gasteiger partial charge on any atom is 0.225 e. The first-order valence-electron chi connectivity index (χ1n) is 9.57. The molecule has 144 valence electrons. The Labute approximate surface area is 168 Å². The Morgan fingerprint density at radius 3 is 2.75 bits per heavy atom. The monoisotopic (exact) mass is 395 g/mol. The first-order chi connectivity index (χ1) is 13.7. The van der Waals surface area contributed by atoms with Crippen molar-refractivity contribution in [2.24, 2.45) is 0 Å². The number of unbranched alkanes of at least 4 members (excludes halogenated alkanes) is 1. The predicted molar refractivity (Wildman–Crippen MR) is 112 cm³/mol. The SMILES string of the molecule is CCCCOc1ccccc1[C@H]1CC(=O)Nc2c(-c3ccccc3F)csc21. The number of rotatable bonds is 6. The summed E-state index contributed by atoms with van der Waals surface area (Å²) < 4.78 is 20.4. The van der Waals surface area contributed by atoms with Crippen molar-refractivity contribution in [3.05, 3.63) is 70.2 Å². The van der Waals surface area contributed by atoms with Crippen LogP contribution in [0.15, 0.2) is 53.9 Å². The van der Waals surface area contributed by atoms with Crippen LogP contribution in [-0.4, -0.2) is 12.5 Å². The van der Waals surface area contributed by atoms with Gasteiger partial charge in [0.2, 0.25) is 5.91 Å². The van der Waals surface area contributed by atoms with Crippen molar-refractivity contribution in [1.82, 2.24) is 0 Å². The number of nitrogens with one attached hydrogen (secondary N) is 1. The molecule has 0 fully saturated rings. The van der Waals surface area contributed by atoms with Gasteiger partial charge in [0.15, 0.2) is 0 Å². The highest BCUT2D eigenvalue weighted by atomic mass is 32.1. The van der Waals surface area contributed by atoms with Crippen molar-refractivity contribution in [2.75, 3.05) is 11.9 Å². The van der Waals surface area contributed by atoms with E-state index in [-0.39, 0.29) is 17.6 Å². The van der Waals surface area contributed by atoms with E-state index in [1.807, 2.05) is 35.7 Å². The van der Waals surface area contributed by atoms with Crippen LogP contribution in [0.4, 0.5) is 10.1 Å². The third-order valence-corrected chi connectivity index (χ3v) is 6.10. The van der Waals surface area contributed by atoms with Crippen molar-refractivity contribution >= 4 is 22.9 Å². The number of carbonyl (C=O) groups is 1. The molecule has 0 spiro atoms. The molecule has 1 atom stereocenters. The van der Waals surface area contributed by atoms with Crippen LogP contribution in [0.25, 0.3) is 11.1 Å². The molecule has 1 amide bonds. The minimum atomic E-state index is -0.289. The summed E-state index contributed by atoms with van der Waals surface area (Å²) in [5, 5.41) is 4.90. The number of thiophene rings is 1. The first-order valence-corrected chi connectivity index (χ1v) is 10.4.